The number of pyridine rings is 1. The largest absolute Gasteiger partial charge is 0.480 e. The smallest absolute Gasteiger partial charge is 0.259 e. The monoisotopic (exact) mass is 317 g/mol. The van der Waals surface area contributed by atoms with Crippen molar-refractivity contribution in [3.05, 3.63) is 46.3 Å². The average Bonchev–Trinajstić information content (AvgIpc) is 3.08. The number of carbonyl (C=O) groups excluding carboxylic acids is 1. The quantitative estimate of drug-likeness (QED) is 0.866. The van der Waals surface area contributed by atoms with Crippen LogP contribution in [0.1, 0.15) is 15.2 Å². The van der Waals surface area contributed by atoms with Gasteiger partial charge in [0.15, 0.2) is 0 Å². The van der Waals surface area contributed by atoms with Gasteiger partial charge >= 0.3 is 0 Å². The molecule has 0 bridgehead atoms. The van der Waals surface area contributed by atoms with E-state index in [0.29, 0.717) is 11.4 Å². The highest BCUT2D eigenvalue weighted by Crippen LogP contribution is 2.18. The molecule has 3 heterocycles. The van der Waals surface area contributed by atoms with Gasteiger partial charge in [0.25, 0.3) is 5.91 Å². The first kappa shape index (κ1) is 15.0. The van der Waals surface area contributed by atoms with Crippen LogP contribution in [-0.4, -0.2) is 54.0 Å². The molecule has 0 aromatic carbocycles. The molecule has 1 aliphatic rings. The van der Waals surface area contributed by atoms with Crippen molar-refractivity contribution in [3.63, 3.8) is 0 Å². The third-order valence-electron chi connectivity index (χ3n) is 3.81. The summed E-state index contributed by atoms with van der Waals surface area (Å²) in [5.41, 5.74) is 0.539. The molecule has 0 atom stereocenters. The fourth-order valence-corrected chi connectivity index (χ4v) is 3.36. The Morgan fingerprint density at radius 2 is 2.09 bits per heavy atom. The summed E-state index contributed by atoms with van der Waals surface area (Å²) < 4.78 is 5.18. The standard InChI is InChI=1S/C16H19N3O2S/c1-21-15-14(5-2-6-17-15)16(20)19-9-7-18(8-10-19)12-13-4-3-11-22-13/h2-6,11H,7-10,12H2,1H3. The van der Waals surface area contributed by atoms with Crippen molar-refractivity contribution in [1.29, 1.82) is 0 Å². The van der Waals surface area contributed by atoms with Crippen molar-refractivity contribution in [2.24, 2.45) is 0 Å². The van der Waals surface area contributed by atoms with Crippen molar-refractivity contribution in [3.8, 4) is 5.88 Å². The number of hydrogen-bond donors (Lipinski definition) is 0. The Hall–Kier alpha value is -1.92. The van der Waals surface area contributed by atoms with Gasteiger partial charge in [-0.15, -0.1) is 11.3 Å². The van der Waals surface area contributed by atoms with Crippen LogP contribution in [0.15, 0.2) is 35.8 Å². The molecule has 0 aliphatic carbocycles. The van der Waals surface area contributed by atoms with Gasteiger partial charge in [0.05, 0.1) is 7.11 Å². The number of thiophene rings is 1. The summed E-state index contributed by atoms with van der Waals surface area (Å²) in [6.07, 6.45) is 1.63. The highest BCUT2D eigenvalue weighted by molar-refractivity contribution is 7.09. The van der Waals surface area contributed by atoms with Crippen molar-refractivity contribution < 1.29 is 9.53 Å². The van der Waals surface area contributed by atoms with E-state index in [2.05, 4.69) is 27.4 Å². The summed E-state index contributed by atoms with van der Waals surface area (Å²) in [6, 6.07) is 7.77. The van der Waals surface area contributed by atoms with Gasteiger partial charge in [0.1, 0.15) is 5.56 Å². The second kappa shape index (κ2) is 6.89. The third kappa shape index (κ3) is 3.28. The van der Waals surface area contributed by atoms with Crippen molar-refractivity contribution in [1.82, 2.24) is 14.8 Å². The van der Waals surface area contributed by atoms with Crippen LogP contribution < -0.4 is 4.74 Å². The average molecular weight is 317 g/mol. The van der Waals surface area contributed by atoms with E-state index in [1.807, 2.05) is 4.90 Å². The molecular formula is C16H19N3O2S. The van der Waals surface area contributed by atoms with E-state index in [0.717, 1.165) is 32.7 Å². The van der Waals surface area contributed by atoms with Crippen LogP contribution in [-0.2, 0) is 6.54 Å². The zero-order valence-corrected chi connectivity index (χ0v) is 13.4. The number of aromatic nitrogens is 1. The number of carbonyl (C=O) groups is 1. The molecule has 6 heteroatoms. The van der Waals surface area contributed by atoms with Gasteiger partial charge in [-0.3, -0.25) is 9.69 Å². The van der Waals surface area contributed by atoms with E-state index in [-0.39, 0.29) is 5.91 Å². The van der Waals surface area contributed by atoms with Crippen LogP contribution in [0, 0.1) is 0 Å². The minimum absolute atomic E-state index is 0.000670. The van der Waals surface area contributed by atoms with Crippen LogP contribution in [0.4, 0.5) is 0 Å². The minimum atomic E-state index is 0.000670. The van der Waals surface area contributed by atoms with E-state index in [1.54, 1.807) is 29.7 Å². The second-order valence-electron chi connectivity index (χ2n) is 5.21. The lowest BCUT2D eigenvalue weighted by Crippen LogP contribution is -2.48. The second-order valence-corrected chi connectivity index (χ2v) is 6.24. The number of amides is 1. The van der Waals surface area contributed by atoms with Gasteiger partial charge in [-0.05, 0) is 23.6 Å². The van der Waals surface area contributed by atoms with E-state index >= 15 is 0 Å². The Kier molecular flexibility index (Phi) is 4.70. The van der Waals surface area contributed by atoms with E-state index < -0.39 is 0 Å². The van der Waals surface area contributed by atoms with Crippen LogP contribution in [0.3, 0.4) is 0 Å². The fraction of sp³-hybridized carbons (Fsp3) is 0.375. The molecule has 0 saturated carbocycles. The van der Waals surface area contributed by atoms with E-state index in [9.17, 15) is 4.79 Å². The topological polar surface area (TPSA) is 45.7 Å². The number of nitrogens with zero attached hydrogens (tertiary/aromatic N) is 3. The van der Waals surface area contributed by atoms with Crippen molar-refractivity contribution in [2.75, 3.05) is 33.3 Å². The predicted octanol–water partition coefficient (Wildman–Crippen LogP) is 2.11. The van der Waals surface area contributed by atoms with Gasteiger partial charge in [-0.1, -0.05) is 6.07 Å². The van der Waals surface area contributed by atoms with Gasteiger partial charge in [-0.2, -0.15) is 0 Å². The molecule has 3 rings (SSSR count). The molecule has 0 radical (unpaired) electrons. The molecule has 5 nitrogen and oxygen atoms in total. The van der Waals surface area contributed by atoms with Gasteiger partial charge < -0.3 is 9.64 Å². The van der Waals surface area contributed by atoms with E-state index in [1.165, 1.54) is 12.0 Å². The zero-order chi connectivity index (χ0) is 15.4. The maximum atomic E-state index is 12.6. The number of rotatable bonds is 4. The highest BCUT2D eigenvalue weighted by atomic mass is 32.1. The summed E-state index contributed by atoms with van der Waals surface area (Å²) in [5, 5.41) is 2.10. The molecule has 116 valence electrons. The maximum absolute atomic E-state index is 12.6. The molecule has 1 amide bonds. The lowest BCUT2D eigenvalue weighted by atomic mass is 10.2. The Labute approximate surface area is 134 Å². The Morgan fingerprint density at radius 1 is 1.27 bits per heavy atom. The molecule has 1 saturated heterocycles. The lowest BCUT2D eigenvalue weighted by molar-refractivity contribution is 0.0625. The van der Waals surface area contributed by atoms with Crippen LogP contribution in [0.5, 0.6) is 5.88 Å². The Balaban J connectivity index is 1.60. The van der Waals surface area contributed by atoms with Gasteiger partial charge in [0, 0.05) is 43.8 Å². The van der Waals surface area contributed by atoms with Gasteiger partial charge in [-0.25, -0.2) is 4.98 Å². The number of hydrogen-bond acceptors (Lipinski definition) is 5. The van der Waals surface area contributed by atoms with Crippen LogP contribution >= 0.6 is 11.3 Å². The molecule has 0 spiro atoms. The highest BCUT2D eigenvalue weighted by Gasteiger charge is 2.24. The summed E-state index contributed by atoms with van der Waals surface area (Å²) in [4.78, 5) is 22.3. The first-order valence-corrected chi connectivity index (χ1v) is 8.19. The zero-order valence-electron chi connectivity index (χ0n) is 12.6. The summed E-state index contributed by atoms with van der Waals surface area (Å²) in [6.45, 7) is 4.23. The lowest BCUT2D eigenvalue weighted by Gasteiger charge is -2.34. The normalized spacial score (nSPS) is 15.8. The van der Waals surface area contributed by atoms with Crippen LogP contribution in [0.2, 0.25) is 0 Å². The third-order valence-corrected chi connectivity index (χ3v) is 4.68. The molecule has 0 unspecified atom stereocenters. The summed E-state index contributed by atoms with van der Waals surface area (Å²) in [7, 11) is 1.54. The molecule has 2 aromatic rings. The Bertz CT molecular complexity index is 622. The number of methoxy groups -OCH3 is 1. The molecule has 0 N–H and O–H groups in total. The predicted molar refractivity (Wildman–Crippen MR) is 86.3 cm³/mol. The molecule has 1 fully saturated rings. The fourth-order valence-electron chi connectivity index (χ4n) is 2.62. The summed E-state index contributed by atoms with van der Waals surface area (Å²) in [5.74, 6) is 0.397. The Morgan fingerprint density at radius 3 is 2.77 bits per heavy atom. The SMILES string of the molecule is COc1ncccc1C(=O)N1CCN(Cc2cccs2)CC1. The number of piperazine rings is 1. The van der Waals surface area contributed by atoms with Gasteiger partial charge in [0.2, 0.25) is 5.88 Å². The first-order chi connectivity index (χ1) is 10.8. The summed E-state index contributed by atoms with van der Waals surface area (Å²) >= 11 is 1.78. The molecule has 2 aromatic heterocycles. The minimum Gasteiger partial charge on any atom is -0.480 e. The number of ether oxygens (including phenoxy) is 1. The van der Waals surface area contributed by atoms with Crippen molar-refractivity contribution >= 4 is 17.2 Å². The molecular weight excluding hydrogens is 298 g/mol. The van der Waals surface area contributed by atoms with Crippen LogP contribution in [0.25, 0.3) is 0 Å². The van der Waals surface area contributed by atoms with E-state index in [4.69, 9.17) is 4.74 Å². The molecule has 22 heavy (non-hydrogen) atoms. The maximum Gasteiger partial charge on any atom is 0.259 e. The molecule has 1 aliphatic heterocycles. The first-order valence-electron chi connectivity index (χ1n) is 7.31. The van der Waals surface area contributed by atoms with Crippen molar-refractivity contribution in [2.45, 2.75) is 6.54 Å².